The van der Waals surface area contributed by atoms with Crippen molar-refractivity contribution in [1.82, 2.24) is 10.5 Å². The van der Waals surface area contributed by atoms with Crippen LogP contribution in [0.5, 0.6) is 5.75 Å². The van der Waals surface area contributed by atoms with Gasteiger partial charge in [0.25, 0.3) is 0 Å². The Labute approximate surface area is 104 Å². The minimum absolute atomic E-state index is 0.231. The maximum absolute atomic E-state index is 10.8. The number of fused-ring (bicyclic) bond motifs is 1. The summed E-state index contributed by atoms with van der Waals surface area (Å²) >= 11 is 0. The van der Waals surface area contributed by atoms with Gasteiger partial charge in [-0.3, -0.25) is 15.0 Å². The Balaban J connectivity index is 1.97. The van der Waals surface area contributed by atoms with Crippen LogP contribution in [0.1, 0.15) is 12.8 Å². The number of hydrogen-bond acceptors (Lipinski definition) is 4. The second-order valence-corrected chi connectivity index (χ2v) is 3.82. The van der Waals surface area contributed by atoms with Crippen molar-refractivity contribution < 1.29 is 14.7 Å². The Morgan fingerprint density at radius 1 is 1.33 bits per heavy atom. The molecule has 0 aliphatic heterocycles. The highest BCUT2D eigenvalue weighted by molar-refractivity contribution is 5.84. The lowest BCUT2D eigenvalue weighted by Crippen LogP contribution is -2.18. The Bertz CT molecular complexity index is 537. The summed E-state index contributed by atoms with van der Waals surface area (Å²) < 4.78 is 5.59. The first-order valence-electron chi connectivity index (χ1n) is 5.71. The molecule has 2 N–H and O–H groups in total. The lowest BCUT2D eigenvalue weighted by molar-refractivity contribution is -0.129. The van der Waals surface area contributed by atoms with Crippen LogP contribution < -0.4 is 10.2 Å². The number of amides is 1. The maximum Gasteiger partial charge on any atom is 0.243 e. The molecule has 0 unspecified atom stereocenters. The first-order chi connectivity index (χ1) is 8.81. The molecule has 0 fully saturated rings. The topological polar surface area (TPSA) is 71.5 Å². The second-order valence-electron chi connectivity index (χ2n) is 3.82. The Morgan fingerprint density at radius 3 is 3.00 bits per heavy atom. The lowest BCUT2D eigenvalue weighted by atomic mass is 10.2. The van der Waals surface area contributed by atoms with E-state index in [0.717, 1.165) is 10.9 Å². The summed E-state index contributed by atoms with van der Waals surface area (Å²) in [6.45, 7) is 0.406. The van der Waals surface area contributed by atoms with Crippen molar-refractivity contribution in [3.8, 4) is 5.75 Å². The lowest BCUT2D eigenvalue weighted by Gasteiger charge is -2.07. The van der Waals surface area contributed by atoms with Crippen LogP contribution in [-0.2, 0) is 4.79 Å². The molecule has 1 amide bonds. The number of hydrogen-bond donors (Lipinski definition) is 2. The number of carbonyl (C=O) groups excluding carboxylic acids is 1. The number of rotatable bonds is 5. The molecule has 1 aromatic carbocycles. The van der Waals surface area contributed by atoms with Gasteiger partial charge in [-0.25, -0.2) is 5.48 Å². The molecule has 2 rings (SSSR count). The first-order valence-corrected chi connectivity index (χ1v) is 5.71. The van der Waals surface area contributed by atoms with Gasteiger partial charge in [0.1, 0.15) is 11.3 Å². The van der Waals surface area contributed by atoms with E-state index in [4.69, 9.17) is 9.94 Å². The van der Waals surface area contributed by atoms with Crippen LogP contribution in [0.2, 0.25) is 0 Å². The SMILES string of the molecule is O=C(CCCOc1cccc2cccnc12)NO. The molecule has 0 saturated heterocycles. The number of carbonyl (C=O) groups is 1. The molecule has 0 atom stereocenters. The highest BCUT2D eigenvalue weighted by Gasteiger charge is 2.03. The molecule has 1 aromatic heterocycles. The number of pyridine rings is 1. The molecule has 5 heteroatoms. The third-order valence-corrected chi connectivity index (χ3v) is 2.53. The van der Waals surface area contributed by atoms with E-state index >= 15 is 0 Å². The second kappa shape index (κ2) is 5.97. The first kappa shape index (κ1) is 12.3. The molecular formula is C13H14N2O3. The van der Waals surface area contributed by atoms with Crippen LogP contribution >= 0.6 is 0 Å². The fraction of sp³-hybridized carbons (Fsp3) is 0.231. The fourth-order valence-corrected chi connectivity index (χ4v) is 1.66. The van der Waals surface area contributed by atoms with Gasteiger partial charge in [0.15, 0.2) is 0 Å². The fourth-order valence-electron chi connectivity index (χ4n) is 1.66. The number of para-hydroxylation sites is 1. The Kier molecular flexibility index (Phi) is 4.09. The zero-order valence-electron chi connectivity index (χ0n) is 9.80. The number of ether oxygens (including phenoxy) is 1. The zero-order chi connectivity index (χ0) is 12.8. The van der Waals surface area contributed by atoms with Gasteiger partial charge in [-0.2, -0.15) is 0 Å². The summed E-state index contributed by atoms with van der Waals surface area (Å²) in [5.41, 5.74) is 2.40. The molecule has 0 bridgehead atoms. The van der Waals surface area contributed by atoms with Gasteiger partial charge in [0, 0.05) is 18.0 Å². The van der Waals surface area contributed by atoms with Crippen LogP contribution in [0.15, 0.2) is 36.5 Å². The van der Waals surface area contributed by atoms with Crippen molar-refractivity contribution in [1.29, 1.82) is 0 Å². The summed E-state index contributed by atoms with van der Waals surface area (Å²) in [6.07, 6.45) is 2.48. The molecule has 0 saturated carbocycles. The molecule has 2 aromatic rings. The largest absolute Gasteiger partial charge is 0.491 e. The number of benzene rings is 1. The van der Waals surface area contributed by atoms with E-state index in [1.165, 1.54) is 0 Å². The summed E-state index contributed by atoms with van der Waals surface area (Å²) in [7, 11) is 0. The molecular weight excluding hydrogens is 232 g/mol. The normalized spacial score (nSPS) is 10.3. The van der Waals surface area contributed by atoms with E-state index in [9.17, 15) is 4.79 Å². The van der Waals surface area contributed by atoms with E-state index in [2.05, 4.69) is 4.98 Å². The van der Waals surface area contributed by atoms with E-state index in [1.807, 2.05) is 30.3 Å². The standard InChI is InChI=1S/C13H14N2O3/c16-12(15-17)7-3-9-18-11-6-1-4-10-5-2-8-14-13(10)11/h1-2,4-6,8,17H,3,7,9H2,(H,15,16). The minimum atomic E-state index is -0.408. The van der Waals surface area contributed by atoms with Gasteiger partial charge in [0.2, 0.25) is 5.91 Å². The zero-order valence-corrected chi connectivity index (χ0v) is 9.80. The van der Waals surface area contributed by atoms with Crippen LogP contribution in [-0.4, -0.2) is 22.7 Å². The van der Waals surface area contributed by atoms with Gasteiger partial charge in [0.05, 0.1) is 6.61 Å². The van der Waals surface area contributed by atoms with Gasteiger partial charge in [-0.1, -0.05) is 18.2 Å². The summed E-state index contributed by atoms with van der Waals surface area (Å²) in [5, 5.41) is 9.36. The van der Waals surface area contributed by atoms with Crippen molar-refractivity contribution in [2.45, 2.75) is 12.8 Å². The van der Waals surface area contributed by atoms with Gasteiger partial charge < -0.3 is 4.74 Å². The molecule has 0 aliphatic carbocycles. The van der Waals surface area contributed by atoms with Gasteiger partial charge >= 0.3 is 0 Å². The molecule has 18 heavy (non-hydrogen) atoms. The monoisotopic (exact) mass is 246 g/mol. The van der Waals surface area contributed by atoms with Crippen molar-refractivity contribution in [3.63, 3.8) is 0 Å². The van der Waals surface area contributed by atoms with Crippen LogP contribution in [0.4, 0.5) is 0 Å². The molecule has 0 spiro atoms. The Hall–Kier alpha value is -2.14. The van der Waals surface area contributed by atoms with Crippen LogP contribution in [0.3, 0.4) is 0 Å². The van der Waals surface area contributed by atoms with E-state index in [-0.39, 0.29) is 6.42 Å². The molecule has 5 nitrogen and oxygen atoms in total. The summed E-state index contributed by atoms with van der Waals surface area (Å²) in [6, 6.07) is 9.56. The molecule has 0 aliphatic rings. The van der Waals surface area contributed by atoms with E-state index in [0.29, 0.717) is 18.8 Å². The van der Waals surface area contributed by atoms with Crippen molar-refractivity contribution in [2.24, 2.45) is 0 Å². The predicted molar refractivity (Wildman–Crippen MR) is 66.4 cm³/mol. The molecule has 0 radical (unpaired) electrons. The van der Waals surface area contributed by atoms with Crippen molar-refractivity contribution in [2.75, 3.05) is 6.61 Å². The smallest absolute Gasteiger partial charge is 0.243 e. The van der Waals surface area contributed by atoms with Crippen LogP contribution in [0.25, 0.3) is 10.9 Å². The third kappa shape index (κ3) is 2.95. The third-order valence-electron chi connectivity index (χ3n) is 2.53. The van der Waals surface area contributed by atoms with E-state index in [1.54, 1.807) is 11.7 Å². The maximum atomic E-state index is 10.8. The average molecular weight is 246 g/mol. The number of nitrogens with zero attached hydrogens (tertiary/aromatic N) is 1. The predicted octanol–water partition coefficient (Wildman–Crippen LogP) is 1.90. The highest BCUT2D eigenvalue weighted by Crippen LogP contribution is 2.22. The molecule has 1 heterocycles. The molecule has 94 valence electrons. The number of hydroxylamine groups is 1. The van der Waals surface area contributed by atoms with Gasteiger partial charge in [-0.05, 0) is 18.6 Å². The van der Waals surface area contributed by atoms with Crippen molar-refractivity contribution in [3.05, 3.63) is 36.5 Å². The highest BCUT2D eigenvalue weighted by atomic mass is 16.5. The minimum Gasteiger partial charge on any atom is -0.491 e. The summed E-state index contributed by atoms with van der Waals surface area (Å²) in [5.74, 6) is 0.298. The Morgan fingerprint density at radius 2 is 2.17 bits per heavy atom. The van der Waals surface area contributed by atoms with Crippen LogP contribution in [0, 0.1) is 0 Å². The quantitative estimate of drug-likeness (QED) is 0.480. The van der Waals surface area contributed by atoms with Crippen molar-refractivity contribution >= 4 is 16.8 Å². The number of nitrogens with one attached hydrogen (secondary N) is 1. The van der Waals surface area contributed by atoms with Gasteiger partial charge in [-0.15, -0.1) is 0 Å². The van der Waals surface area contributed by atoms with E-state index < -0.39 is 5.91 Å². The summed E-state index contributed by atoms with van der Waals surface area (Å²) in [4.78, 5) is 15.1. The average Bonchev–Trinajstić information content (AvgIpc) is 2.43. The number of aromatic nitrogens is 1.